The van der Waals surface area contributed by atoms with Crippen molar-refractivity contribution in [2.24, 2.45) is 5.92 Å². The zero-order valence-electron chi connectivity index (χ0n) is 11.9. The predicted molar refractivity (Wildman–Crippen MR) is 84.8 cm³/mol. The molecule has 3 nitrogen and oxygen atoms in total. The summed E-state index contributed by atoms with van der Waals surface area (Å²) in [6.07, 6.45) is 7.88. The van der Waals surface area contributed by atoms with Crippen LogP contribution in [0.25, 0.3) is 0 Å². The number of nitrogens with zero attached hydrogens (tertiary/aromatic N) is 1. The highest BCUT2D eigenvalue weighted by molar-refractivity contribution is 9.10. The molecule has 0 bridgehead atoms. The normalized spacial score (nSPS) is 20.4. The number of halogens is 1. The first-order chi connectivity index (χ1) is 9.69. The smallest absolute Gasteiger partial charge is 0.269 e. The van der Waals surface area contributed by atoms with Crippen LogP contribution in [0, 0.1) is 5.92 Å². The van der Waals surface area contributed by atoms with Gasteiger partial charge >= 0.3 is 0 Å². The minimum atomic E-state index is 0.138. The molecule has 4 heteroatoms. The molecular formula is C16H22BrN2O+. The number of amides is 1. The van der Waals surface area contributed by atoms with Crippen LogP contribution in [0.1, 0.15) is 44.6 Å². The fourth-order valence-electron chi connectivity index (χ4n) is 2.45. The Morgan fingerprint density at radius 3 is 2.75 bits per heavy atom. The molecule has 108 valence electrons. The number of hydrazine groups is 1. The van der Waals surface area contributed by atoms with Crippen LogP contribution < -0.4 is 5.43 Å². The van der Waals surface area contributed by atoms with Gasteiger partial charge in [0, 0.05) is 10.0 Å². The summed E-state index contributed by atoms with van der Waals surface area (Å²) < 4.78 is 2.98. The number of hydrogen-bond donors (Lipinski definition) is 1. The molecule has 1 aliphatic heterocycles. The quantitative estimate of drug-likeness (QED) is 0.625. The Kier molecular flexibility index (Phi) is 5.77. The lowest BCUT2D eigenvalue weighted by molar-refractivity contribution is -0.556. The second kappa shape index (κ2) is 7.58. The van der Waals surface area contributed by atoms with Crippen molar-refractivity contribution in [3.63, 3.8) is 0 Å². The van der Waals surface area contributed by atoms with Gasteiger partial charge in [-0.2, -0.15) is 0 Å². The number of rotatable bonds is 6. The number of carbonyl (C=O) groups is 1. The van der Waals surface area contributed by atoms with E-state index in [0.29, 0.717) is 0 Å². The number of unbranched alkanes of at least 4 members (excludes halogenated alkanes) is 3. The van der Waals surface area contributed by atoms with Crippen molar-refractivity contribution < 1.29 is 9.48 Å². The SMILES string of the molecule is CCCCCC[C@H]1C/[N+](=C/c2ccc(Br)cc2)NC1=O. The molecule has 2 rings (SSSR count). The molecule has 1 N–H and O–H groups in total. The summed E-state index contributed by atoms with van der Waals surface area (Å²) in [5.41, 5.74) is 4.03. The van der Waals surface area contributed by atoms with Gasteiger partial charge in [0.25, 0.3) is 5.91 Å². The minimum absolute atomic E-state index is 0.138. The summed E-state index contributed by atoms with van der Waals surface area (Å²) >= 11 is 3.42. The molecule has 1 aromatic carbocycles. The maximum atomic E-state index is 11.9. The van der Waals surface area contributed by atoms with Crippen LogP contribution in [0.2, 0.25) is 0 Å². The summed E-state index contributed by atoms with van der Waals surface area (Å²) in [5.74, 6) is 0.299. The minimum Gasteiger partial charge on any atom is -0.269 e. The van der Waals surface area contributed by atoms with Crippen LogP contribution in [0.3, 0.4) is 0 Å². The lowest BCUT2D eigenvalue weighted by Crippen LogP contribution is -2.25. The summed E-state index contributed by atoms with van der Waals surface area (Å²) in [5, 5.41) is 0. The highest BCUT2D eigenvalue weighted by Crippen LogP contribution is 2.15. The van der Waals surface area contributed by atoms with E-state index in [9.17, 15) is 4.79 Å². The van der Waals surface area contributed by atoms with Crippen LogP contribution in [0.4, 0.5) is 0 Å². The Morgan fingerprint density at radius 2 is 2.05 bits per heavy atom. The molecule has 1 aromatic rings. The van der Waals surface area contributed by atoms with E-state index in [2.05, 4.69) is 28.3 Å². The van der Waals surface area contributed by atoms with Gasteiger partial charge in [-0.3, -0.25) is 4.79 Å². The number of carbonyl (C=O) groups excluding carboxylic acids is 1. The number of benzene rings is 1. The third kappa shape index (κ3) is 4.44. The standard InChI is InChI=1S/C16H21BrN2O/c1-2-3-4-5-6-14-12-19(18-16(14)20)11-13-7-9-15(17)10-8-13/h7-11,14H,2-6,12H2,1H3/p+1/b19-11-/t14-/m0/s1. The molecule has 1 fully saturated rings. The first-order valence-corrected chi connectivity index (χ1v) is 8.16. The van der Waals surface area contributed by atoms with Crippen molar-refractivity contribution >= 4 is 28.1 Å². The van der Waals surface area contributed by atoms with Crippen LogP contribution in [-0.2, 0) is 4.79 Å². The molecular weight excluding hydrogens is 316 g/mol. The van der Waals surface area contributed by atoms with Gasteiger partial charge in [-0.15, -0.1) is 10.1 Å². The lowest BCUT2D eigenvalue weighted by Gasteiger charge is -2.01. The van der Waals surface area contributed by atoms with E-state index >= 15 is 0 Å². The maximum Gasteiger partial charge on any atom is 0.283 e. The number of nitrogens with one attached hydrogen (secondary N) is 1. The highest BCUT2D eigenvalue weighted by atomic mass is 79.9. The summed E-state index contributed by atoms with van der Waals surface area (Å²) in [6.45, 7) is 2.98. The molecule has 1 amide bonds. The molecule has 0 spiro atoms. The molecule has 0 aromatic heterocycles. The Bertz CT molecular complexity index is 482. The van der Waals surface area contributed by atoms with Gasteiger partial charge in [-0.1, -0.05) is 48.5 Å². The zero-order chi connectivity index (χ0) is 14.4. The van der Waals surface area contributed by atoms with E-state index in [4.69, 9.17) is 0 Å². The van der Waals surface area contributed by atoms with Crippen molar-refractivity contribution in [3.05, 3.63) is 34.3 Å². The Hall–Kier alpha value is -1.16. The van der Waals surface area contributed by atoms with Crippen LogP contribution >= 0.6 is 15.9 Å². The Balaban J connectivity index is 1.89. The van der Waals surface area contributed by atoms with E-state index in [1.54, 1.807) is 0 Å². The number of hydrazone groups is 1. The van der Waals surface area contributed by atoms with Gasteiger partial charge in [-0.25, -0.2) is 0 Å². The van der Waals surface area contributed by atoms with Crippen molar-refractivity contribution in [1.29, 1.82) is 0 Å². The third-order valence-electron chi connectivity index (χ3n) is 3.62. The lowest BCUT2D eigenvalue weighted by atomic mass is 10.0. The molecule has 1 heterocycles. The van der Waals surface area contributed by atoms with Gasteiger partial charge in [-0.05, 0) is 30.7 Å². The molecule has 0 saturated carbocycles. The maximum absolute atomic E-state index is 11.9. The summed E-state index contributed by atoms with van der Waals surface area (Å²) in [7, 11) is 0. The van der Waals surface area contributed by atoms with E-state index < -0.39 is 0 Å². The van der Waals surface area contributed by atoms with Crippen LogP contribution in [0.15, 0.2) is 28.7 Å². The second-order valence-electron chi connectivity index (χ2n) is 5.36. The fourth-order valence-corrected chi connectivity index (χ4v) is 2.72. The van der Waals surface area contributed by atoms with Gasteiger partial charge in [0.2, 0.25) is 6.21 Å². The van der Waals surface area contributed by atoms with E-state index in [0.717, 1.165) is 29.4 Å². The molecule has 0 aliphatic carbocycles. The molecule has 0 unspecified atom stereocenters. The zero-order valence-corrected chi connectivity index (χ0v) is 13.5. The average Bonchev–Trinajstić information content (AvgIpc) is 2.78. The third-order valence-corrected chi connectivity index (χ3v) is 4.15. The van der Waals surface area contributed by atoms with Crippen LogP contribution in [0.5, 0.6) is 0 Å². The van der Waals surface area contributed by atoms with Gasteiger partial charge < -0.3 is 0 Å². The van der Waals surface area contributed by atoms with Crippen molar-refractivity contribution in [2.75, 3.05) is 6.54 Å². The highest BCUT2D eigenvalue weighted by Gasteiger charge is 2.33. The largest absolute Gasteiger partial charge is 0.283 e. The van der Waals surface area contributed by atoms with E-state index in [-0.39, 0.29) is 11.8 Å². The molecule has 1 atom stereocenters. The average molecular weight is 338 g/mol. The van der Waals surface area contributed by atoms with Crippen molar-refractivity contribution in [1.82, 2.24) is 5.43 Å². The topological polar surface area (TPSA) is 32.1 Å². The van der Waals surface area contributed by atoms with Gasteiger partial charge in [0.1, 0.15) is 5.92 Å². The van der Waals surface area contributed by atoms with E-state index in [1.165, 1.54) is 19.3 Å². The van der Waals surface area contributed by atoms with Crippen LogP contribution in [-0.4, -0.2) is 23.4 Å². The number of hydrogen-bond acceptors (Lipinski definition) is 1. The fraction of sp³-hybridized carbons (Fsp3) is 0.500. The monoisotopic (exact) mass is 337 g/mol. The first kappa shape index (κ1) is 15.2. The summed E-state index contributed by atoms with van der Waals surface area (Å²) in [6, 6.07) is 8.08. The first-order valence-electron chi connectivity index (χ1n) is 7.36. The molecule has 1 saturated heterocycles. The second-order valence-corrected chi connectivity index (χ2v) is 6.27. The Labute approximate surface area is 129 Å². The van der Waals surface area contributed by atoms with Crippen molar-refractivity contribution in [3.8, 4) is 0 Å². The van der Waals surface area contributed by atoms with E-state index in [1.807, 2.05) is 35.2 Å². The Morgan fingerprint density at radius 1 is 1.30 bits per heavy atom. The predicted octanol–water partition coefficient (Wildman–Crippen LogP) is 3.51. The molecule has 20 heavy (non-hydrogen) atoms. The van der Waals surface area contributed by atoms with Gasteiger partial charge in [0.15, 0.2) is 6.54 Å². The summed E-state index contributed by atoms with van der Waals surface area (Å²) in [4.78, 5) is 11.9. The molecule has 1 aliphatic rings. The molecule has 0 radical (unpaired) electrons. The van der Waals surface area contributed by atoms with Gasteiger partial charge in [0.05, 0.1) is 0 Å². The van der Waals surface area contributed by atoms with Crippen molar-refractivity contribution in [2.45, 2.75) is 39.0 Å².